The highest BCUT2D eigenvalue weighted by atomic mass is 32.2. The summed E-state index contributed by atoms with van der Waals surface area (Å²) < 4.78 is 88.0. The summed E-state index contributed by atoms with van der Waals surface area (Å²) in [5, 5.41) is 24.0. The number of aliphatic hydroxyl groups is 1. The molecule has 0 radical (unpaired) electrons. The van der Waals surface area contributed by atoms with Gasteiger partial charge in [-0.15, -0.1) is 0 Å². The highest BCUT2D eigenvalue weighted by Gasteiger charge is 2.46. The second kappa shape index (κ2) is 15.7. The Morgan fingerprint density at radius 1 is 0.889 bits per heavy atom. The SMILES string of the molecule is N#Cc1ccc(NC(=O)C(O)(Cc2cccc(-c3cccc(C(=O)N4CCOCC4)c3)c2)C2CCN(S(=O)(=O)c3ccc(F)cc3)CC2)cc1C(F)(F)F. The third-order valence-electron chi connectivity index (χ3n) is 9.82. The van der Waals surface area contributed by atoms with Crippen molar-refractivity contribution in [2.24, 2.45) is 5.92 Å². The van der Waals surface area contributed by atoms with Crippen molar-refractivity contribution in [2.45, 2.75) is 35.9 Å². The van der Waals surface area contributed by atoms with Gasteiger partial charge in [-0.05, 0) is 90.0 Å². The Kier molecular flexibility index (Phi) is 11.2. The summed E-state index contributed by atoms with van der Waals surface area (Å²) in [6.45, 7) is 1.63. The van der Waals surface area contributed by atoms with E-state index < -0.39 is 50.6 Å². The second-order valence-corrected chi connectivity index (χ2v) is 15.2. The second-order valence-electron chi connectivity index (χ2n) is 13.2. The van der Waals surface area contributed by atoms with Crippen LogP contribution in [0.4, 0.5) is 23.2 Å². The number of halogens is 4. The first-order valence-corrected chi connectivity index (χ1v) is 18.6. The molecule has 6 rings (SSSR count). The zero-order valence-electron chi connectivity index (χ0n) is 28.9. The molecule has 2 saturated heterocycles. The topological polar surface area (TPSA) is 140 Å². The van der Waals surface area contributed by atoms with E-state index in [1.54, 1.807) is 47.4 Å². The Hall–Kier alpha value is -5.14. The normalized spacial score (nSPS) is 17.0. The number of carbonyl (C=O) groups excluding carboxylic acids is 2. The molecular weight excluding hydrogens is 729 g/mol. The number of nitrogens with one attached hydrogen (secondary N) is 1. The summed E-state index contributed by atoms with van der Waals surface area (Å²) in [4.78, 5) is 28.9. The van der Waals surface area contributed by atoms with Gasteiger partial charge < -0.3 is 20.1 Å². The van der Waals surface area contributed by atoms with Gasteiger partial charge in [-0.3, -0.25) is 9.59 Å². The first-order chi connectivity index (χ1) is 25.7. The molecule has 0 saturated carbocycles. The molecule has 2 heterocycles. The summed E-state index contributed by atoms with van der Waals surface area (Å²) in [5.41, 5.74) is -2.10. The standard InChI is InChI=1S/C39H36F4N4O6S/c40-32-8-11-34(12-9-32)54(51,52)47-15-13-31(14-16-47)38(50,37(49)45-33-10-7-30(25-44)35(23-33)39(41,42)43)24-26-3-1-4-27(21-26)28-5-2-6-29(22-28)36(48)46-17-19-53-20-18-46/h1-12,21-23,31,50H,13-20,24H2,(H,45,49). The molecule has 2 aliphatic rings. The van der Waals surface area contributed by atoms with Crippen molar-refractivity contribution >= 4 is 27.5 Å². The maximum Gasteiger partial charge on any atom is 0.417 e. The van der Waals surface area contributed by atoms with E-state index in [-0.39, 0.29) is 48.8 Å². The van der Waals surface area contributed by atoms with E-state index in [0.29, 0.717) is 54.6 Å². The Morgan fingerprint density at radius 3 is 2.19 bits per heavy atom. The number of benzene rings is 4. The van der Waals surface area contributed by atoms with Crippen LogP contribution in [0.15, 0.2) is 95.9 Å². The van der Waals surface area contributed by atoms with Gasteiger partial charge in [0.25, 0.3) is 11.8 Å². The monoisotopic (exact) mass is 764 g/mol. The lowest BCUT2D eigenvalue weighted by molar-refractivity contribution is -0.142. The van der Waals surface area contributed by atoms with Crippen molar-refractivity contribution in [3.05, 3.63) is 119 Å². The minimum absolute atomic E-state index is 0.0108. The van der Waals surface area contributed by atoms with Gasteiger partial charge in [-0.2, -0.15) is 22.7 Å². The third-order valence-corrected chi connectivity index (χ3v) is 11.7. The average molecular weight is 765 g/mol. The van der Waals surface area contributed by atoms with Crippen molar-refractivity contribution in [1.29, 1.82) is 5.26 Å². The van der Waals surface area contributed by atoms with E-state index in [1.165, 1.54) is 10.4 Å². The van der Waals surface area contributed by atoms with E-state index in [0.717, 1.165) is 36.4 Å². The molecule has 4 aromatic rings. The summed E-state index contributed by atoms with van der Waals surface area (Å²) in [6.07, 6.45) is -5.17. The molecule has 2 amide bonds. The number of piperidine rings is 1. The van der Waals surface area contributed by atoms with Crippen LogP contribution in [0.3, 0.4) is 0 Å². The predicted molar refractivity (Wildman–Crippen MR) is 190 cm³/mol. The van der Waals surface area contributed by atoms with E-state index in [4.69, 9.17) is 4.74 Å². The van der Waals surface area contributed by atoms with E-state index in [9.17, 15) is 45.9 Å². The van der Waals surface area contributed by atoms with E-state index in [1.807, 2.05) is 6.07 Å². The number of hydrogen-bond acceptors (Lipinski definition) is 7. The fourth-order valence-electron chi connectivity index (χ4n) is 6.89. The largest absolute Gasteiger partial charge is 0.417 e. The molecule has 2 aliphatic heterocycles. The molecule has 54 heavy (non-hydrogen) atoms. The number of rotatable bonds is 9. The number of carbonyl (C=O) groups is 2. The van der Waals surface area contributed by atoms with Crippen LogP contribution >= 0.6 is 0 Å². The number of hydrogen-bond donors (Lipinski definition) is 2. The number of morpholine rings is 1. The van der Waals surface area contributed by atoms with Crippen LogP contribution in [0, 0.1) is 23.1 Å². The van der Waals surface area contributed by atoms with Crippen molar-refractivity contribution in [3.8, 4) is 17.2 Å². The lowest BCUT2D eigenvalue weighted by atomic mass is 9.76. The van der Waals surface area contributed by atoms with Gasteiger partial charge in [0.1, 0.15) is 11.4 Å². The molecule has 2 fully saturated rings. The van der Waals surface area contributed by atoms with Gasteiger partial charge in [0.2, 0.25) is 10.0 Å². The van der Waals surface area contributed by atoms with Crippen LogP contribution in [-0.2, 0) is 32.2 Å². The van der Waals surface area contributed by atoms with E-state index >= 15 is 0 Å². The lowest BCUT2D eigenvalue weighted by Crippen LogP contribution is -2.54. The molecule has 15 heteroatoms. The van der Waals surface area contributed by atoms with E-state index in [2.05, 4.69) is 5.32 Å². The number of nitriles is 1. The molecule has 0 bridgehead atoms. The minimum Gasteiger partial charge on any atom is -0.379 e. The van der Waals surface area contributed by atoms with Crippen LogP contribution < -0.4 is 5.32 Å². The molecule has 4 aromatic carbocycles. The van der Waals surface area contributed by atoms with Crippen LogP contribution in [0.25, 0.3) is 11.1 Å². The molecule has 10 nitrogen and oxygen atoms in total. The molecule has 0 aliphatic carbocycles. The average Bonchev–Trinajstić information content (AvgIpc) is 3.18. The predicted octanol–water partition coefficient (Wildman–Crippen LogP) is 5.87. The number of ether oxygens (including phenoxy) is 1. The number of alkyl halides is 3. The van der Waals surface area contributed by atoms with Crippen LogP contribution in [0.1, 0.15) is 39.9 Å². The maximum absolute atomic E-state index is 14.1. The summed E-state index contributed by atoms with van der Waals surface area (Å²) in [6, 6.07) is 22.5. The van der Waals surface area contributed by atoms with Crippen LogP contribution in [0.5, 0.6) is 0 Å². The summed E-state index contributed by atoms with van der Waals surface area (Å²) in [5.74, 6) is -2.61. The smallest absolute Gasteiger partial charge is 0.379 e. The number of sulfonamides is 1. The van der Waals surface area contributed by atoms with Gasteiger partial charge in [0, 0.05) is 43.9 Å². The van der Waals surface area contributed by atoms with Crippen molar-refractivity contribution in [1.82, 2.24) is 9.21 Å². The summed E-state index contributed by atoms with van der Waals surface area (Å²) >= 11 is 0. The van der Waals surface area contributed by atoms with Gasteiger partial charge in [0.05, 0.1) is 35.3 Å². The van der Waals surface area contributed by atoms with Gasteiger partial charge in [0.15, 0.2) is 0 Å². The van der Waals surface area contributed by atoms with Crippen LogP contribution in [0.2, 0.25) is 0 Å². The van der Waals surface area contributed by atoms with Crippen LogP contribution in [-0.4, -0.2) is 79.5 Å². The quantitative estimate of drug-likeness (QED) is 0.203. The number of amides is 2. The first kappa shape index (κ1) is 38.6. The first-order valence-electron chi connectivity index (χ1n) is 17.2. The molecule has 2 N–H and O–H groups in total. The minimum atomic E-state index is -4.89. The molecule has 282 valence electrons. The number of nitrogens with zero attached hydrogens (tertiary/aromatic N) is 3. The molecule has 0 aromatic heterocycles. The fraction of sp³-hybridized carbons (Fsp3) is 0.308. The Morgan fingerprint density at radius 2 is 1.54 bits per heavy atom. The highest BCUT2D eigenvalue weighted by molar-refractivity contribution is 7.89. The van der Waals surface area contributed by atoms with Crippen molar-refractivity contribution in [2.75, 3.05) is 44.7 Å². The zero-order chi connectivity index (χ0) is 38.7. The summed E-state index contributed by atoms with van der Waals surface area (Å²) in [7, 11) is -4.04. The molecule has 1 atom stereocenters. The number of anilines is 1. The van der Waals surface area contributed by atoms with Gasteiger partial charge in [-0.25, -0.2) is 12.8 Å². The van der Waals surface area contributed by atoms with Crippen molar-refractivity contribution < 1.29 is 45.4 Å². The zero-order valence-corrected chi connectivity index (χ0v) is 29.7. The Labute approximate surface area is 309 Å². The fourth-order valence-corrected chi connectivity index (χ4v) is 8.36. The Bertz CT molecular complexity index is 2180. The lowest BCUT2D eigenvalue weighted by Gasteiger charge is -2.40. The van der Waals surface area contributed by atoms with Gasteiger partial charge >= 0.3 is 6.18 Å². The van der Waals surface area contributed by atoms with Crippen molar-refractivity contribution in [3.63, 3.8) is 0 Å². The maximum atomic E-state index is 14.1. The highest BCUT2D eigenvalue weighted by Crippen LogP contribution is 2.37. The van der Waals surface area contributed by atoms with Gasteiger partial charge in [-0.1, -0.05) is 36.4 Å². The Balaban J connectivity index is 1.29. The molecule has 1 unspecified atom stereocenters. The third kappa shape index (κ3) is 8.32. The molecule has 0 spiro atoms. The molecular formula is C39H36F4N4O6S.